The summed E-state index contributed by atoms with van der Waals surface area (Å²) in [7, 11) is 0. The Morgan fingerprint density at radius 2 is 1.40 bits per heavy atom. The van der Waals surface area contributed by atoms with Crippen molar-refractivity contribution in [2.75, 3.05) is 0 Å². The van der Waals surface area contributed by atoms with Gasteiger partial charge in [-0.25, -0.2) is 0 Å². The summed E-state index contributed by atoms with van der Waals surface area (Å²) in [5, 5.41) is 5.36. The van der Waals surface area contributed by atoms with Crippen LogP contribution in [0.4, 0.5) is 0 Å². The van der Waals surface area contributed by atoms with Crippen LogP contribution in [0.2, 0.25) is 0 Å². The quantitative estimate of drug-likeness (QED) is 0.423. The maximum Gasteiger partial charge on any atom is 0.0573 e. The highest BCUT2D eigenvalue weighted by Crippen LogP contribution is 2.35. The van der Waals surface area contributed by atoms with Crippen LogP contribution in [0.3, 0.4) is 0 Å². The third-order valence-corrected chi connectivity index (χ3v) is 4.11. The molecule has 3 aromatic carbocycles. The fourth-order valence-electron chi connectivity index (χ4n) is 3.30. The van der Waals surface area contributed by atoms with Gasteiger partial charge in [-0.2, -0.15) is 0 Å². The second-order valence-electron chi connectivity index (χ2n) is 5.66. The Morgan fingerprint density at radius 3 is 2.20 bits per heavy atom. The van der Waals surface area contributed by atoms with Crippen molar-refractivity contribution in [3.8, 4) is 0 Å². The molecule has 0 aliphatic heterocycles. The average molecular weight is 259 g/mol. The summed E-state index contributed by atoms with van der Waals surface area (Å²) in [6.07, 6.45) is 0. The smallest absolute Gasteiger partial charge is 0.0573 e. The maximum atomic E-state index is 2.47. The fourth-order valence-corrected chi connectivity index (χ4v) is 3.30. The third-order valence-electron chi connectivity index (χ3n) is 4.11. The molecule has 0 N–H and O–H groups in total. The summed E-state index contributed by atoms with van der Waals surface area (Å²) in [4.78, 5) is 0. The highest BCUT2D eigenvalue weighted by Gasteiger charge is 2.14. The Kier molecular flexibility index (Phi) is 2.37. The summed E-state index contributed by atoms with van der Waals surface area (Å²) in [6.45, 7) is 4.52. The molecular weight excluding hydrogens is 242 g/mol. The average Bonchev–Trinajstić information content (AvgIpc) is 2.82. The van der Waals surface area contributed by atoms with Crippen LogP contribution in [0.1, 0.15) is 19.9 Å². The summed E-state index contributed by atoms with van der Waals surface area (Å²) in [5.74, 6) is 0. The largest absolute Gasteiger partial charge is 0.337 e. The van der Waals surface area contributed by atoms with Crippen LogP contribution in [0.5, 0.6) is 0 Å². The molecule has 0 radical (unpaired) electrons. The lowest BCUT2D eigenvalue weighted by atomic mass is 10.1. The van der Waals surface area contributed by atoms with E-state index in [2.05, 4.69) is 79.1 Å². The van der Waals surface area contributed by atoms with Crippen molar-refractivity contribution in [1.82, 2.24) is 4.57 Å². The van der Waals surface area contributed by atoms with E-state index >= 15 is 0 Å². The number of nitrogens with zero attached hydrogens (tertiary/aromatic N) is 1. The molecule has 1 nitrogen and oxygen atoms in total. The van der Waals surface area contributed by atoms with Crippen LogP contribution in [0, 0.1) is 0 Å². The van der Waals surface area contributed by atoms with E-state index in [1.54, 1.807) is 0 Å². The molecule has 0 atom stereocenters. The zero-order chi connectivity index (χ0) is 13.7. The first-order valence-electron chi connectivity index (χ1n) is 7.18. The van der Waals surface area contributed by atoms with Gasteiger partial charge in [0.1, 0.15) is 0 Å². The molecule has 1 aromatic heterocycles. The van der Waals surface area contributed by atoms with Gasteiger partial charge >= 0.3 is 0 Å². The van der Waals surface area contributed by atoms with Crippen LogP contribution in [0.15, 0.2) is 60.7 Å². The molecule has 98 valence electrons. The first-order valence-corrected chi connectivity index (χ1v) is 7.18. The van der Waals surface area contributed by atoms with E-state index in [4.69, 9.17) is 0 Å². The summed E-state index contributed by atoms with van der Waals surface area (Å²) in [6, 6.07) is 22.3. The van der Waals surface area contributed by atoms with Gasteiger partial charge in [-0.05, 0) is 25.3 Å². The third kappa shape index (κ3) is 1.44. The first kappa shape index (κ1) is 11.5. The number of benzene rings is 3. The van der Waals surface area contributed by atoms with E-state index in [1.165, 1.54) is 32.6 Å². The van der Waals surface area contributed by atoms with Crippen LogP contribution in [-0.4, -0.2) is 4.57 Å². The number of para-hydroxylation sites is 1. The lowest BCUT2D eigenvalue weighted by Crippen LogP contribution is -2.00. The molecular formula is C19H17N. The van der Waals surface area contributed by atoms with Gasteiger partial charge in [-0.1, -0.05) is 54.6 Å². The number of hydrogen-bond donors (Lipinski definition) is 0. The number of hydrogen-bond acceptors (Lipinski definition) is 0. The SMILES string of the molecule is CC(C)n1c2ccccc2c2ccc3ccccc3c21. The van der Waals surface area contributed by atoms with Gasteiger partial charge in [0.2, 0.25) is 0 Å². The van der Waals surface area contributed by atoms with Crippen molar-refractivity contribution >= 4 is 32.6 Å². The van der Waals surface area contributed by atoms with Crippen LogP contribution < -0.4 is 0 Å². The zero-order valence-electron chi connectivity index (χ0n) is 11.8. The molecule has 0 saturated carbocycles. The van der Waals surface area contributed by atoms with Crippen molar-refractivity contribution in [1.29, 1.82) is 0 Å². The molecule has 0 aliphatic carbocycles. The molecule has 0 amide bonds. The Morgan fingerprint density at radius 1 is 0.700 bits per heavy atom. The molecule has 4 aromatic rings. The Hall–Kier alpha value is -2.28. The lowest BCUT2D eigenvalue weighted by molar-refractivity contribution is 0.643. The minimum atomic E-state index is 0.447. The van der Waals surface area contributed by atoms with Crippen LogP contribution in [0.25, 0.3) is 32.6 Å². The maximum absolute atomic E-state index is 2.47. The van der Waals surface area contributed by atoms with Crippen molar-refractivity contribution in [2.24, 2.45) is 0 Å². The molecule has 4 rings (SSSR count). The first-order chi connectivity index (χ1) is 9.77. The van der Waals surface area contributed by atoms with Crippen molar-refractivity contribution in [3.05, 3.63) is 60.7 Å². The normalized spacial score (nSPS) is 11.9. The monoisotopic (exact) mass is 259 g/mol. The van der Waals surface area contributed by atoms with Crippen molar-refractivity contribution in [2.45, 2.75) is 19.9 Å². The predicted molar refractivity (Wildman–Crippen MR) is 87.3 cm³/mol. The van der Waals surface area contributed by atoms with Crippen LogP contribution in [-0.2, 0) is 0 Å². The summed E-state index contributed by atoms with van der Waals surface area (Å²) < 4.78 is 2.47. The van der Waals surface area contributed by atoms with E-state index in [0.717, 1.165) is 0 Å². The molecule has 1 heteroatoms. The second-order valence-corrected chi connectivity index (χ2v) is 5.66. The molecule has 20 heavy (non-hydrogen) atoms. The highest BCUT2D eigenvalue weighted by atomic mass is 15.0. The van der Waals surface area contributed by atoms with Gasteiger partial charge in [0.15, 0.2) is 0 Å². The zero-order valence-corrected chi connectivity index (χ0v) is 11.8. The second kappa shape index (κ2) is 4.11. The Balaban J connectivity index is 2.36. The number of rotatable bonds is 1. The van der Waals surface area contributed by atoms with E-state index in [0.29, 0.717) is 6.04 Å². The molecule has 0 unspecified atom stereocenters. The topological polar surface area (TPSA) is 4.93 Å². The van der Waals surface area contributed by atoms with Gasteiger partial charge < -0.3 is 4.57 Å². The van der Waals surface area contributed by atoms with Crippen molar-refractivity contribution < 1.29 is 0 Å². The summed E-state index contributed by atoms with van der Waals surface area (Å²) >= 11 is 0. The molecule has 0 aliphatic rings. The molecule has 0 spiro atoms. The van der Waals surface area contributed by atoms with Gasteiger partial charge in [0.05, 0.1) is 5.52 Å². The van der Waals surface area contributed by atoms with Gasteiger partial charge in [0.25, 0.3) is 0 Å². The van der Waals surface area contributed by atoms with E-state index in [9.17, 15) is 0 Å². The van der Waals surface area contributed by atoms with E-state index < -0.39 is 0 Å². The van der Waals surface area contributed by atoms with Crippen LogP contribution >= 0.6 is 0 Å². The molecule has 0 saturated heterocycles. The minimum absolute atomic E-state index is 0.447. The summed E-state index contributed by atoms with van der Waals surface area (Å²) in [5.41, 5.74) is 2.69. The molecule has 0 fully saturated rings. The Labute approximate surface area is 118 Å². The highest BCUT2D eigenvalue weighted by molar-refractivity contribution is 6.17. The van der Waals surface area contributed by atoms with Gasteiger partial charge in [0, 0.05) is 27.7 Å². The lowest BCUT2D eigenvalue weighted by Gasteiger charge is -2.13. The molecule has 1 heterocycles. The fraction of sp³-hybridized carbons (Fsp3) is 0.158. The number of aromatic nitrogens is 1. The predicted octanol–water partition coefficient (Wildman–Crippen LogP) is 5.53. The standard InChI is InChI=1S/C19H17N/c1-13(2)20-18-10-6-5-9-16(18)17-12-11-14-7-3-4-8-15(14)19(17)20/h3-13H,1-2H3. The van der Waals surface area contributed by atoms with Gasteiger partial charge in [-0.15, -0.1) is 0 Å². The van der Waals surface area contributed by atoms with Gasteiger partial charge in [-0.3, -0.25) is 0 Å². The van der Waals surface area contributed by atoms with Crippen molar-refractivity contribution in [3.63, 3.8) is 0 Å². The van der Waals surface area contributed by atoms with E-state index in [-0.39, 0.29) is 0 Å². The molecule has 0 bridgehead atoms. The minimum Gasteiger partial charge on any atom is -0.337 e. The number of fused-ring (bicyclic) bond motifs is 5. The Bertz CT molecular complexity index is 928. The van der Waals surface area contributed by atoms with E-state index in [1.807, 2.05) is 0 Å².